The van der Waals surface area contributed by atoms with Gasteiger partial charge in [0.25, 0.3) is 0 Å². The maximum atomic E-state index is 13.5. The predicted molar refractivity (Wildman–Crippen MR) is 53.9 cm³/mol. The van der Waals surface area contributed by atoms with Crippen LogP contribution in [0, 0.1) is 18.6 Å². The average molecular weight is 224 g/mol. The van der Waals surface area contributed by atoms with Crippen LogP contribution in [0.15, 0.2) is 18.3 Å². The molecule has 2 N–H and O–H groups in total. The molecule has 0 fully saturated rings. The van der Waals surface area contributed by atoms with Gasteiger partial charge in [-0.15, -0.1) is 5.10 Å². The Morgan fingerprint density at radius 3 is 2.69 bits per heavy atom. The summed E-state index contributed by atoms with van der Waals surface area (Å²) in [5.74, 6) is -1.03. The normalized spacial score (nSPS) is 10.8. The minimum Gasteiger partial charge on any atom is -0.325 e. The first-order chi connectivity index (χ1) is 7.61. The van der Waals surface area contributed by atoms with Crippen molar-refractivity contribution in [3.63, 3.8) is 0 Å². The van der Waals surface area contributed by atoms with Crippen LogP contribution < -0.4 is 5.73 Å². The molecule has 0 spiro atoms. The van der Waals surface area contributed by atoms with Gasteiger partial charge in [0.2, 0.25) is 0 Å². The molecular weight excluding hydrogens is 214 g/mol. The molecular formula is C10H10F2N4. The zero-order valence-corrected chi connectivity index (χ0v) is 8.61. The van der Waals surface area contributed by atoms with E-state index in [2.05, 4.69) is 10.3 Å². The lowest BCUT2D eigenvalue weighted by molar-refractivity contribution is 0.578. The highest BCUT2D eigenvalue weighted by atomic mass is 19.1. The number of aryl methyl sites for hydroxylation is 1. The Bertz CT molecular complexity index is 522. The Morgan fingerprint density at radius 1 is 1.31 bits per heavy atom. The van der Waals surface area contributed by atoms with Crippen molar-refractivity contribution in [3.05, 3.63) is 41.2 Å². The van der Waals surface area contributed by atoms with Crippen molar-refractivity contribution >= 4 is 0 Å². The topological polar surface area (TPSA) is 56.7 Å². The van der Waals surface area contributed by atoms with Crippen LogP contribution in [0.5, 0.6) is 0 Å². The van der Waals surface area contributed by atoms with Gasteiger partial charge in [-0.2, -0.15) is 0 Å². The van der Waals surface area contributed by atoms with Crippen LogP contribution >= 0.6 is 0 Å². The molecule has 0 unspecified atom stereocenters. The van der Waals surface area contributed by atoms with E-state index < -0.39 is 11.6 Å². The molecule has 1 aromatic carbocycles. The molecule has 1 heterocycles. The largest absolute Gasteiger partial charge is 0.325 e. The molecule has 0 saturated heterocycles. The van der Waals surface area contributed by atoms with Crippen molar-refractivity contribution in [2.75, 3.05) is 0 Å². The van der Waals surface area contributed by atoms with E-state index in [9.17, 15) is 8.78 Å². The van der Waals surface area contributed by atoms with Gasteiger partial charge < -0.3 is 5.73 Å². The van der Waals surface area contributed by atoms with Crippen molar-refractivity contribution in [1.29, 1.82) is 0 Å². The van der Waals surface area contributed by atoms with Gasteiger partial charge in [0, 0.05) is 12.6 Å². The number of hydrogen-bond donors (Lipinski definition) is 1. The molecule has 0 aliphatic carbocycles. The summed E-state index contributed by atoms with van der Waals surface area (Å²) in [7, 11) is 0. The molecule has 6 heteroatoms. The van der Waals surface area contributed by atoms with Crippen LogP contribution in [0.1, 0.15) is 11.3 Å². The van der Waals surface area contributed by atoms with E-state index >= 15 is 0 Å². The molecule has 1 aromatic heterocycles. The van der Waals surface area contributed by atoms with Crippen molar-refractivity contribution in [2.24, 2.45) is 5.73 Å². The van der Waals surface area contributed by atoms with E-state index in [0.717, 1.165) is 12.1 Å². The SMILES string of the molecule is Cc1cc(F)c(-n2cc(CN)nn2)cc1F. The minimum atomic E-state index is -0.549. The lowest BCUT2D eigenvalue weighted by Gasteiger charge is -2.04. The fourth-order valence-corrected chi connectivity index (χ4v) is 1.32. The van der Waals surface area contributed by atoms with Crippen molar-refractivity contribution in [1.82, 2.24) is 15.0 Å². The highest BCUT2D eigenvalue weighted by Crippen LogP contribution is 2.17. The predicted octanol–water partition coefficient (Wildman–Crippen LogP) is 1.31. The standard InChI is InChI=1S/C10H10F2N4/c1-6-2-9(12)10(3-8(6)11)16-5-7(4-13)14-15-16/h2-3,5H,4,13H2,1H3. The zero-order valence-electron chi connectivity index (χ0n) is 8.61. The van der Waals surface area contributed by atoms with Crippen LogP contribution in [-0.2, 0) is 6.54 Å². The van der Waals surface area contributed by atoms with E-state index in [-0.39, 0.29) is 17.8 Å². The second kappa shape index (κ2) is 3.97. The monoisotopic (exact) mass is 224 g/mol. The first kappa shape index (κ1) is 10.7. The Balaban J connectivity index is 2.51. The first-order valence-electron chi connectivity index (χ1n) is 4.69. The summed E-state index contributed by atoms with van der Waals surface area (Å²) in [5, 5.41) is 7.37. The molecule has 84 valence electrons. The second-order valence-electron chi connectivity index (χ2n) is 3.41. The van der Waals surface area contributed by atoms with Gasteiger partial charge >= 0.3 is 0 Å². The molecule has 2 aromatic rings. The third-order valence-corrected chi connectivity index (χ3v) is 2.22. The summed E-state index contributed by atoms with van der Waals surface area (Å²) in [4.78, 5) is 0. The van der Waals surface area contributed by atoms with Crippen LogP contribution in [-0.4, -0.2) is 15.0 Å². The van der Waals surface area contributed by atoms with Crippen molar-refractivity contribution in [2.45, 2.75) is 13.5 Å². The summed E-state index contributed by atoms with van der Waals surface area (Å²) < 4.78 is 28.0. The maximum Gasteiger partial charge on any atom is 0.149 e. The summed E-state index contributed by atoms with van der Waals surface area (Å²) >= 11 is 0. The molecule has 16 heavy (non-hydrogen) atoms. The van der Waals surface area contributed by atoms with Gasteiger partial charge in [-0.3, -0.25) is 0 Å². The van der Waals surface area contributed by atoms with Gasteiger partial charge in [0.15, 0.2) is 0 Å². The highest BCUT2D eigenvalue weighted by molar-refractivity contribution is 5.36. The molecule has 0 aliphatic rings. The van der Waals surface area contributed by atoms with E-state index in [4.69, 9.17) is 5.73 Å². The third-order valence-electron chi connectivity index (χ3n) is 2.22. The van der Waals surface area contributed by atoms with Crippen molar-refractivity contribution < 1.29 is 8.78 Å². The Labute approximate surface area is 90.7 Å². The lowest BCUT2D eigenvalue weighted by Crippen LogP contribution is -2.01. The number of rotatable bonds is 2. The third kappa shape index (κ3) is 1.79. The number of benzene rings is 1. The number of halogens is 2. The van der Waals surface area contributed by atoms with Crippen LogP contribution in [0.2, 0.25) is 0 Å². The van der Waals surface area contributed by atoms with Gasteiger partial charge in [-0.05, 0) is 18.6 Å². The molecule has 4 nitrogen and oxygen atoms in total. The summed E-state index contributed by atoms with van der Waals surface area (Å²) in [6.07, 6.45) is 1.47. The van der Waals surface area contributed by atoms with Gasteiger partial charge in [0.1, 0.15) is 17.3 Å². The highest BCUT2D eigenvalue weighted by Gasteiger charge is 2.10. The van der Waals surface area contributed by atoms with Gasteiger partial charge in [-0.1, -0.05) is 5.21 Å². The first-order valence-corrected chi connectivity index (χ1v) is 4.69. The molecule has 0 bridgehead atoms. The van der Waals surface area contributed by atoms with Gasteiger partial charge in [0.05, 0.1) is 11.9 Å². The van der Waals surface area contributed by atoms with Gasteiger partial charge in [-0.25, -0.2) is 13.5 Å². The molecule has 0 atom stereocenters. The molecule has 0 radical (unpaired) electrons. The summed E-state index contributed by atoms with van der Waals surface area (Å²) in [6, 6.07) is 2.20. The van der Waals surface area contributed by atoms with Crippen LogP contribution in [0.25, 0.3) is 5.69 Å². The number of aromatic nitrogens is 3. The second-order valence-corrected chi connectivity index (χ2v) is 3.41. The molecule has 0 amide bonds. The van der Waals surface area contributed by atoms with E-state index in [1.165, 1.54) is 17.8 Å². The molecule has 0 saturated carbocycles. The Kier molecular flexibility index (Phi) is 2.66. The maximum absolute atomic E-state index is 13.5. The van der Waals surface area contributed by atoms with E-state index in [1.807, 2.05) is 0 Å². The number of nitrogens with zero attached hydrogens (tertiary/aromatic N) is 3. The Morgan fingerprint density at radius 2 is 2.06 bits per heavy atom. The summed E-state index contributed by atoms with van der Waals surface area (Å²) in [5.41, 5.74) is 6.14. The lowest BCUT2D eigenvalue weighted by atomic mass is 10.2. The fraction of sp³-hybridized carbons (Fsp3) is 0.200. The average Bonchev–Trinajstić information content (AvgIpc) is 2.71. The fourth-order valence-electron chi connectivity index (χ4n) is 1.32. The molecule has 0 aliphatic heterocycles. The van der Waals surface area contributed by atoms with E-state index in [1.54, 1.807) is 0 Å². The Hall–Kier alpha value is -1.82. The minimum absolute atomic E-state index is 0.0234. The number of hydrogen-bond acceptors (Lipinski definition) is 3. The smallest absolute Gasteiger partial charge is 0.149 e. The van der Waals surface area contributed by atoms with Crippen molar-refractivity contribution in [3.8, 4) is 5.69 Å². The number of nitrogens with two attached hydrogens (primary N) is 1. The van der Waals surface area contributed by atoms with E-state index in [0.29, 0.717) is 5.69 Å². The summed E-state index contributed by atoms with van der Waals surface area (Å²) in [6.45, 7) is 1.70. The van der Waals surface area contributed by atoms with Crippen LogP contribution in [0.4, 0.5) is 8.78 Å². The molecule has 2 rings (SSSR count). The quantitative estimate of drug-likeness (QED) is 0.836. The van der Waals surface area contributed by atoms with Crippen LogP contribution in [0.3, 0.4) is 0 Å². The zero-order chi connectivity index (χ0) is 11.7.